The maximum absolute atomic E-state index is 12.8. The first-order chi connectivity index (χ1) is 12.1. The fourth-order valence-electron chi connectivity index (χ4n) is 4.79. The molecule has 1 aliphatic carbocycles. The Morgan fingerprint density at radius 3 is 2.44 bits per heavy atom. The summed E-state index contributed by atoms with van der Waals surface area (Å²) >= 11 is 0. The molecular formula is C19H30N2O4. The third kappa shape index (κ3) is 4.33. The molecule has 2 aliphatic heterocycles. The number of likely N-dealkylation sites (tertiary alicyclic amines) is 2. The Bertz CT molecular complexity index is 516. The second-order valence-corrected chi connectivity index (χ2v) is 7.92. The van der Waals surface area contributed by atoms with E-state index in [1.54, 1.807) is 9.80 Å². The smallest absolute Gasteiger partial charge is 0.326 e. The topological polar surface area (TPSA) is 77.9 Å². The van der Waals surface area contributed by atoms with E-state index in [4.69, 9.17) is 0 Å². The molecule has 3 fully saturated rings. The predicted octanol–water partition coefficient (Wildman–Crippen LogP) is 2.27. The summed E-state index contributed by atoms with van der Waals surface area (Å²) in [6.07, 6.45) is 9.91. The highest BCUT2D eigenvalue weighted by molar-refractivity contribution is 5.88. The normalized spacial score (nSPS) is 28.9. The van der Waals surface area contributed by atoms with Crippen LogP contribution in [0.25, 0.3) is 0 Å². The molecule has 0 aromatic rings. The van der Waals surface area contributed by atoms with Gasteiger partial charge in [-0.15, -0.1) is 0 Å². The van der Waals surface area contributed by atoms with Crippen LogP contribution in [0, 0.1) is 11.8 Å². The lowest BCUT2D eigenvalue weighted by Gasteiger charge is -2.28. The summed E-state index contributed by atoms with van der Waals surface area (Å²) in [5, 5.41) is 9.58. The average molecular weight is 350 g/mol. The van der Waals surface area contributed by atoms with Crippen molar-refractivity contribution in [3.05, 3.63) is 0 Å². The van der Waals surface area contributed by atoms with Gasteiger partial charge in [0.15, 0.2) is 0 Å². The van der Waals surface area contributed by atoms with Gasteiger partial charge in [-0.3, -0.25) is 9.59 Å². The second kappa shape index (κ2) is 8.19. The molecule has 2 amide bonds. The van der Waals surface area contributed by atoms with E-state index in [-0.39, 0.29) is 18.4 Å². The van der Waals surface area contributed by atoms with Crippen molar-refractivity contribution in [3.8, 4) is 0 Å². The number of aliphatic carboxylic acids is 1. The highest BCUT2D eigenvalue weighted by Crippen LogP contribution is 2.37. The molecule has 140 valence electrons. The van der Waals surface area contributed by atoms with Crippen LogP contribution >= 0.6 is 0 Å². The van der Waals surface area contributed by atoms with Crippen molar-refractivity contribution < 1.29 is 19.5 Å². The first kappa shape index (κ1) is 18.2. The van der Waals surface area contributed by atoms with Crippen LogP contribution in [0.2, 0.25) is 0 Å². The molecule has 6 nitrogen and oxygen atoms in total. The van der Waals surface area contributed by atoms with Gasteiger partial charge in [0, 0.05) is 19.5 Å². The van der Waals surface area contributed by atoms with E-state index in [2.05, 4.69) is 0 Å². The lowest BCUT2D eigenvalue weighted by Crippen LogP contribution is -2.47. The van der Waals surface area contributed by atoms with Crippen molar-refractivity contribution in [2.24, 2.45) is 11.8 Å². The zero-order valence-electron chi connectivity index (χ0n) is 15.0. The Morgan fingerprint density at radius 1 is 1.00 bits per heavy atom. The van der Waals surface area contributed by atoms with Gasteiger partial charge in [-0.1, -0.05) is 38.5 Å². The van der Waals surface area contributed by atoms with E-state index in [9.17, 15) is 19.5 Å². The minimum atomic E-state index is -0.908. The fraction of sp³-hybridized carbons (Fsp3) is 0.842. The quantitative estimate of drug-likeness (QED) is 0.844. The Hall–Kier alpha value is -1.59. The number of nitrogens with zero attached hydrogens (tertiary/aromatic N) is 2. The molecule has 2 saturated heterocycles. The number of hydrogen-bond donors (Lipinski definition) is 1. The first-order valence-electron chi connectivity index (χ1n) is 9.86. The number of carbonyl (C=O) groups excluding carboxylic acids is 2. The first-order valence-corrected chi connectivity index (χ1v) is 9.86. The van der Waals surface area contributed by atoms with Crippen LogP contribution in [0.1, 0.15) is 64.2 Å². The molecule has 2 heterocycles. The summed E-state index contributed by atoms with van der Waals surface area (Å²) in [7, 11) is 0. The van der Waals surface area contributed by atoms with Crippen LogP contribution in [0.15, 0.2) is 0 Å². The molecule has 2 atom stereocenters. The van der Waals surface area contributed by atoms with Crippen LogP contribution in [0.4, 0.5) is 0 Å². The number of carboxylic acid groups (broad SMARTS) is 1. The zero-order valence-corrected chi connectivity index (χ0v) is 15.0. The largest absolute Gasteiger partial charge is 0.480 e. The van der Waals surface area contributed by atoms with E-state index < -0.39 is 12.0 Å². The molecule has 1 saturated carbocycles. The Morgan fingerprint density at radius 2 is 1.72 bits per heavy atom. The molecule has 0 aromatic carbocycles. The standard InChI is InChI=1S/C19H30N2O4/c22-17-9-5-2-6-10-20(17)13-18(23)21-12-15(11-16(21)19(24)25)14-7-3-1-4-8-14/h14-16H,1-13H2,(H,24,25). The molecule has 25 heavy (non-hydrogen) atoms. The van der Waals surface area contributed by atoms with Crippen molar-refractivity contribution >= 4 is 17.8 Å². The summed E-state index contributed by atoms with van der Waals surface area (Å²) in [5.74, 6) is -0.228. The average Bonchev–Trinajstić information content (AvgIpc) is 2.97. The summed E-state index contributed by atoms with van der Waals surface area (Å²) in [6, 6.07) is -0.721. The molecule has 6 heteroatoms. The minimum Gasteiger partial charge on any atom is -0.480 e. The maximum Gasteiger partial charge on any atom is 0.326 e. The number of rotatable bonds is 4. The van der Waals surface area contributed by atoms with Gasteiger partial charge >= 0.3 is 5.97 Å². The molecule has 0 bridgehead atoms. The number of amides is 2. The van der Waals surface area contributed by atoms with Gasteiger partial charge in [0.1, 0.15) is 6.04 Å². The van der Waals surface area contributed by atoms with Gasteiger partial charge in [-0.05, 0) is 31.1 Å². The van der Waals surface area contributed by atoms with Crippen LogP contribution in [-0.2, 0) is 14.4 Å². The molecule has 0 spiro atoms. The van der Waals surface area contributed by atoms with E-state index in [1.165, 1.54) is 19.3 Å². The molecule has 3 rings (SSSR count). The van der Waals surface area contributed by atoms with Crippen LogP contribution < -0.4 is 0 Å². The van der Waals surface area contributed by atoms with E-state index in [0.717, 1.165) is 32.1 Å². The van der Waals surface area contributed by atoms with Gasteiger partial charge in [0.25, 0.3) is 0 Å². The minimum absolute atomic E-state index is 0.0285. The van der Waals surface area contributed by atoms with E-state index >= 15 is 0 Å². The Balaban J connectivity index is 1.64. The van der Waals surface area contributed by atoms with Crippen LogP contribution in [0.3, 0.4) is 0 Å². The lowest BCUT2D eigenvalue weighted by molar-refractivity contribution is -0.149. The van der Waals surface area contributed by atoms with Gasteiger partial charge in [0.05, 0.1) is 6.54 Å². The summed E-state index contributed by atoms with van der Waals surface area (Å²) in [4.78, 5) is 39.8. The fourth-order valence-corrected chi connectivity index (χ4v) is 4.79. The summed E-state index contributed by atoms with van der Waals surface area (Å²) in [5.41, 5.74) is 0. The van der Waals surface area contributed by atoms with Crippen molar-refractivity contribution in [2.45, 2.75) is 70.3 Å². The molecule has 3 aliphatic rings. The third-order valence-electron chi connectivity index (χ3n) is 6.25. The van der Waals surface area contributed by atoms with Gasteiger partial charge in [0.2, 0.25) is 11.8 Å². The molecule has 2 unspecified atom stereocenters. The Kier molecular flexibility index (Phi) is 5.97. The van der Waals surface area contributed by atoms with Crippen LogP contribution in [0.5, 0.6) is 0 Å². The molecule has 0 radical (unpaired) electrons. The third-order valence-corrected chi connectivity index (χ3v) is 6.25. The van der Waals surface area contributed by atoms with Crippen molar-refractivity contribution in [3.63, 3.8) is 0 Å². The van der Waals surface area contributed by atoms with Gasteiger partial charge in [-0.2, -0.15) is 0 Å². The van der Waals surface area contributed by atoms with Gasteiger partial charge < -0.3 is 14.9 Å². The maximum atomic E-state index is 12.8. The highest BCUT2D eigenvalue weighted by atomic mass is 16.4. The number of hydrogen-bond acceptors (Lipinski definition) is 3. The SMILES string of the molecule is O=C(O)C1CC(C2CCCCC2)CN1C(=O)CN1CCCCCC1=O. The Labute approximate surface area is 149 Å². The summed E-state index contributed by atoms with van der Waals surface area (Å²) in [6.45, 7) is 1.20. The molecule has 1 N–H and O–H groups in total. The lowest BCUT2D eigenvalue weighted by atomic mass is 9.79. The van der Waals surface area contributed by atoms with Crippen molar-refractivity contribution in [2.75, 3.05) is 19.6 Å². The molecule has 0 aromatic heterocycles. The van der Waals surface area contributed by atoms with E-state index in [1.807, 2.05) is 0 Å². The van der Waals surface area contributed by atoms with Crippen molar-refractivity contribution in [1.29, 1.82) is 0 Å². The second-order valence-electron chi connectivity index (χ2n) is 7.92. The van der Waals surface area contributed by atoms with Crippen molar-refractivity contribution in [1.82, 2.24) is 9.80 Å². The zero-order chi connectivity index (χ0) is 17.8. The summed E-state index contributed by atoms with van der Waals surface area (Å²) < 4.78 is 0. The highest BCUT2D eigenvalue weighted by Gasteiger charge is 2.42. The number of carboxylic acids is 1. The van der Waals surface area contributed by atoms with E-state index in [0.29, 0.717) is 37.8 Å². The van der Waals surface area contributed by atoms with Gasteiger partial charge in [-0.25, -0.2) is 4.79 Å². The van der Waals surface area contributed by atoms with Crippen LogP contribution in [-0.4, -0.2) is 58.4 Å². The monoisotopic (exact) mass is 350 g/mol. The number of carbonyl (C=O) groups is 3. The predicted molar refractivity (Wildman–Crippen MR) is 92.9 cm³/mol. The molecular weight excluding hydrogens is 320 g/mol.